The molecule has 72 valence electrons. The molecule has 1 aromatic heterocycles. The average Bonchev–Trinajstić information content (AvgIpc) is 2.12. The fourth-order valence-corrected chi connectivity index (χ4v) is 1.09. The molecule has 0 aliphatic rings. The Morgan fingerprint density at radius 2 is 2.46 bits per heavy atom. The van der Waals surface area contributed by atoms with Crippen LogP contribution in [0.15, 0.2) is 6.20 Å². The molecule has 0 aliphatic heterocycles. The maximum atomic E-state index is 5.80. The average molecular weight is 314 g/mol. The highest BCUT2D eigenvalue weighted by Gasteiger charge is 2.00. The predicted molar refractivity (Wildman–Crippen MR) is 60.1 cm³/mol. The zero-order valence-electron chi connectivity index (χ0n) is 7.05. The van der Waals surface area contributed by atoms with E-state index in [-0.39, 0.29) is 0 Å². The molecule has 0 saturated heterocycles. The Bertz CT molecular complexity index is 284. The number of nitrogens with zero attached hydrogens (tertiary/aromatic N) is 2. The molecule has 0 radical (unpaired) electrons. The maximum absolute atomic E-state index is 5.80. The lowest BCUT2D eigenvalue weighted by molar-refractivity contribution is 0.210. The van der Waals surface area contributed by atoms with Crippen LogP contribution < -0.4 is 5.32 Å². The summed E-state index contributed by atoms with van der Waals surface area (Å²) in [5.41, 5.74) is 0. The van der Waals surface area contributed by atoms with Crippen LogP contribution in [0.1, 0.15) is 0 Å². The molecule has 0 unspecified atom stereocenters. The van der Waals surface area contributed by atoms with Gasteiger partial charge in [-0.3, -0.25) is 0 Å². The van der Waals surface area contributed by atoms with Gasteiger partial charge in [0.05, 0.1) is 10.2 Å². The summed E-state index contributed by atoms with van der Waals surface area (Å²) in [6.45, 7) is 1.29. The Kier molecular flexibility index (Phi) is 4.68. The standard InChI is InChI=1S/C7H9ClIN3O/c1-13-3-2-10-7-11-4-5(9)6(8)12-7/h4H,2-3H2,1H3,(H,10,11,12). The number of anilines is 1. The highest BCUT2D eigenvalue weighted by atomic mass is 127. The van der Waals surface area contributed by atoms with Crippen LogP contribution in [0.5, 0.6) is 0 Å². The lowest BCUT2D eigenvalue weighted by Gasteiger charge is -2.03. The second kappa shape index (κ2) is 5.56. The normalized spacial score (nSPS) is 10.1. The number of hydrogen-bond donors (Lipinski definition) is 1. The minimum Gasteiger partial charge on any atom is -0.383 e. The van der Waals surface area contributed by atoms with Crippen molar-refractivity contribution in [3.05, 3.63) is 14.9 Å². The molecule has 1 heterocycles. The topological polar surface area (TPSA) is 47.0 Å². The van der Waals surface area contributed by atoms with Gasteiger partial charge in [0.1, 0.15) is 5.15 Å². The summed E-state index contributed by atoms with van der Waals surface area (Å²) in [4.78, 5) is 8.07. The van der Waals surface area contributed by atoms with Crippen molar-refractivity contribution in [3.63, 3.8) is 0 Å². The molecular formula is C7H9ClIN3O. The van der Waals surface area contributed by atoms with E-state index < -0.39 is 0 Å². The lowest BCUT2D eigenvalue weighted by atomic mass is 10.6. The van der Waals surface area contributed by atoms with Gasteiger partial charge >= 0.3 is 0 Å². The summed E-state index contributed by atoms with van der Waals surface area (Å²) < 4.78 is 5.71. The first kappa shape index (κ1) is 10.9. The van der Waals surface area contributed by atoms with Crippen molar-refractivity contribution in [2.45, 2.75) is 0 Å². The van der Waals surface area contributed by atoms with Gasteiger partial charge in [-0.15, -0.1) is 0 Å². The lowest BCUT2D eigenvalue weighted by Crippen LogP contribution is -2.10. The number of nitrogens with one attached hydrogen (secondary N) is 1. The number of ether oxygens (including phenoxy) is 1. The third-order valence-corrected chi connectivity index (χ3v) is 2.69. The molecular weight excluding hydrogens is 304 g/mol. The smallest absolute Gasteiger partial charge is 0.224 e. The van der Waals surface area contributed by atoms with Crippen LogP contribution in [0.3, 0.4) is 0 Å². The number of methoxy groups -OCH3 is 1. The summed E-state index contributed by atoms with van der Waals surface area (Å²) in [7, 11) is 1.64. The number of aromatic nitrogens is 2. The number of halogens is 2. The first-order valence-electron chi connectivity index (χ1n) is 3.65. The van der Waals surface area contributed by atoms with Crippen LogP contribution in [0.25, 0.3) is 0 Å². The molecule has 0 spiro atoms. The molecule has 0 fully saturated rings. The maximum Gasteiger partial charge on any atom is 0.224 e. The summed E-state index contributed by atoms with van der Waals surface area (Å²) in [6.07, 6.45) is 1.67. The molecule has 0 atom stereocenters. The van der Waals surface area contributed by atoms with Gasteiger partial charge in [0.2, 0.25) is 5.95 Å². The van der Waals surface area contributed by atoms with Gasteiger partial charge in [-0.2, -0.15) is 0 Å². The van der Waals surface area contributed by atoms with E-state index in [2.05, 4.69) is 37.9 Å². The second-order valence-corrected chi connectivity index (χ2v) is 3.77. The SMILES string of the molecule is COCCNc1ncc(I)c(Cl)n1. The summed E-state index contributed by atoms with van der Waals surface area (Å²) in [6, 6.07) is 0. The molecule has 6 heteroatoms. The van der Waals surface area contributed by atoms with Gasteiger partial charge in [-0.25, -0.2) is 9.97 Å². The Balaban J connectivity index is 2.53. The van der Waals surface area contributed by atoms with Crippen LogP contribution >= 0.6 is 34.2 Å². The molecule has 0 bridgehead atoms. The second-order valence-electron chi connectivity index (χ2n) is 2.25. The number of rotatable bonds is 4. The first-order chi connectivity index (χ1) is 6.24. The predicted octanol–water partition coefficient (Wildman–Crippen LogP) is 1.79. The van der Waals surface area contributed by atoms with E-state index in [1.165, 1.54) is 0 Å². The quantitative estimate of drug-likeness (QED) is 0.523. The molecule has 4 nitrogen and oxygen atoms in total. The minimum atomic E-state index is 0.468. The summed E-state index contributed by atoms with van der Waals surface area (Å²) in [5, 5.41) is 3.45. The third kappa shape index (κ3) is 3.61. The van der Waals surface area contributed by atoms with Crippen molar-refractivity contribution in [1.82, 2.24) is 9.97 Å². The number of hydrogen-bond acceptors (Lipinski definition) is 4. The van der Waals surface area contributed by atoms with Crippen LogP contribution in [-0.2, 0) is 4.74 Å². The molecule has 1 N–H and O–H groups in total. The van der Waals surface area contributed by atoms with Gasteiger partial charge in [0.25, 0.3) is 0 Å². The van der Waals surface area contributed by atoms with Gasteiger partial charge in [0.15, 0.2) is 0 Å². The minimum absolute atomic E-state index is 0.468. The van der Waals surface area contributed by atoms with E-state index in [4.69, 9.17) is 16.3 Å². The van der Waals surface area contributed by atoms with E-state index in [1.807, 2.05) is 0 Å². The van der Waals surface area contributed by atoms with Gasteiger partial charge in [0, 0.05) is 19.9 Å². The van der Waals surface area contributed by atoms with E-state index in [0.717, 1.165) is 3.57 Å². The molecule has 0 aromatic carbocycles. The van der Waals surface area contributed by atoms with Crippen molar-refractivity contribution in [2.24, 2.45) is 0 Å². The fraction of sp³-hybridized carbons (Fsp3) is 0.429. The van der Waals surface area contributed by atoms with Gasteiger partial charge < -0.3 is 10.1 Å². The highest BCUT2D eigenvalue weighted by molar-refractivity contribution is 14.1. The van der Waals surface area contributed by atoms with Crippen molar-refractivity contribution in [2.75, 3.05) is 25.6 Å². The van der Waals surface area contributed by atoms with Gasteiger partial charge in [-0.05, 0) is 22.6 Å². The molecule has 1 rings (SSSR count). The molecule has 0 aliphatic carbocycles. The van der Waals surface area contributed by atoms with Crippen molar-refractivity contribution in [1.29, 1.82) is 0 Å². The monoisotopic (exact) mass is 313 g/mol. The highest BCUT2D eigenvalue weighted by Crippen LogP contribution is 2.15. The Morgan fingerprint density at radius 3 is 3.08 bits per heavy atom. The van der Waals surface area contributed by atoms with Crippen molar-refractivity contribution < 1.29 is 4.74 Å². The Labute approximate surface area is 95.2 Å². The molecule has 0 amide bonds. The Morgan fingerprint density at radius 1 is 1.69 bits per heavy atom. The van der Waals surface area contributed by atoms with E-state index in [9.17, 15) is 0 Å². The molecule has 1 aromatic rings. The van der Waals surface area contributed by atoms with E-state index in [0.29, 0.717) is 24.3 Å². The van der Waals surface area contributed by atoms with Crippen LogP contribution in [0, 0.1) is 3.57 Å². The summed E-state index contributed by atoms with van der Waals surface area (Å²) >= 11 is 7.87. The van der Waals surface area contributed by atoms with Crippen LogP contribution in [0.4, 0.5) is 5.95 Å². The zero-order chi connectivity index (χ0) is 9.68. The van der Waals surface area contributed by atoms with Crippen molar-refractivity contribution >= 4 is 40.1 Å². The molecule has 13 heavy (non-hydrogen) atoms. The van der Waals surface area contributed by atoms with Gasteiger partial charge in [-0.1, -0.05) is 11.6 Å². The van der Waals surface area contributed by atoms with Crippen molar-refractivity contribution in [3.8, 4) is 0 Å². The Hall–Kier alpha value is -0.140. The molecule has 0 saturated carbocycles. The van der Waals surface area contributed by atoms with E-state index in [1.54, 1.807) is 13.3 Å². The van der Waals surface area contributed by atoms with Crippen LogP contribution in [0.2, 0.25) is 5.15 Å². The van der Waals surface area contributed by atoms with E-state index >= 15 is 0 Å². The largest absolute Gasteiger partial charge is 0.383 e. The first-order valence-corrected chi connectivity index (χ1v) is 5.10. The van der Waals surface area contributed by atoms with Crippen LogP contribution in [-0.4, -0.2) is 30.2 Å². The fourth-order valence-electron chi connectivity index (χ4n) is 0.696. The summed E-state index contributed by atoms with van der Waals surface area (Å²) in [5.74, 6) is 0.530. The zero-order valence-corrected chi connectivity index (χ0v) is 9.96. The third-order valence-electron chi connectivity index (χ3n) is 1.29.